The van der Waals surface area contributed by atoms with Crippen molar-refractivity contribution in [2.75, 3.05) is 7.11 Å². The van der Waals surface area contributed by atoms with Crippen molar-refractivity contribution in [3.05, 3.63) is 29.3 Å². The monoisotopic (exact) mass is 214 g/mol. The minimum Gasteiger partial charge on any atom is -0.491 e. The van der Waals surface area contributed by atoms with Crippen molar-refractivity contribution in [2.24, 2.45) is 0 Å². The second-order valence-electron chi connectivity index (χ2n) is 3.99. The molecular formula is C11H12F2O2. The van der Waals surface area contributed by atoms with Gasteiger partial charge in [0.15, 0.2) is 17.4 Å². The fraction of sp³-hybridized carbons (Fsp3) is 0.455. The molecule has 1 saturated carbocycles. The molecule has 15 heavy (non-hydrogen) atoms. The summed E-state index contributed by atoms with van der Waals surface area (Å²) in [6, 6.07) is 2.41. The van der Waals surface area contributed by atoms with E-state index in [2.05, 4.69) is 4.74 Å². The van der Waals surface area contributed by atoms with Gasteiger partial charge >= 0.3 is 0 Å². The van der Waals surface area contributed by atoms with Gasteiger partial charge in [0, 0.05) is 6.42 Å². The van der Waals surface area contributed by atoms with Crippen molar-refractivity contribution in [2.45, 2.75) is 24.9 Å². The predicted octanol–water partition coefficient (Wildman–Crippen LogP) is 2.04. The summed E-state index contributed by atoms with van der Waals surface area (Å²) in [6.07, 6.45) is 1.69. The molecule has 1 aromatic rings. The van der Waals surface area contributed by atoms with Gasteiger partial charge in [-0.1, -0.05) is 0 Å². The van der Waals surface area contributed by atoms with E-state index in [1.165, 1.54) is 19.2 Å². The molecule has 1 fully saturated rings. The molecule has 2 nitrogen and oxygen atoms in total. The van der Waals surface area contributed by atoms with Crippen LogP contribution in [-0.4, -0.2) is 17.8 Å². The molecule has 0 heterocycles. The molecule has 0 aromatic heterocycles. The maximum Gasteiger partial charge on any atom is 0.190 e. The van der Waals surface area contributed by atoms with Crippen LogP contribution in [0, 0.1) is 11.6 Å². The number of hydrogen-bond donors (Lipinski definition) is 1. The number of methoxy groups -OCH3 is 1. The standard InChI is InChI=1S/C11H12F2O2/c1-15-10-8(12)4-7(5-9(10)13)6-11(14)2-3-11/h4-5,14H,2-3,6H2,1H3. The first kappa shape index (κ1) is 10.4. The number of halogens is 2. The lowest BCUT2D eigenvalue weighted by molar-refractivity contribution is 0.150. The Balaban J connectivity index is 2.26. The van der Waals surface area contributed by atoms with E-state index < -0.39 is 17.2 Å². The summed E-state index contributed by atoms with van der Waals surface area (Å²) < 4.78 is 31.1. The molecule has 0 atom stereocenters. The average Bonchev–Trinajstić information content (AvgIpc) is 2.82. The lowest BCUT2D eigenvalue weighted by Crippen LogP contribution is -2.11. The Morgan fingerprint density at radius 1 is 1.33 bits per heavy atom. The molecule has 2 rings (SSSR count). The van der Waals surface area contributed by atoms with Crippen molar-refractivity contribution in [1.82, 2.24) is 0 Å². The lowest BCUT2D eigenvalue weighted by atomic mass is 10.1. The maximum absolute atomic E-state index is 13.3. The summed E-state index contributed by atoms with van der Waals surface area (Å²) in [5.41, 5.74) is -0.279. The molecule has 82 valence electrons. The van der Waals surface area contributed by atoms with Crippen LogP contribution in [0.2, 0.25) is 0 Å². The van der Waals surface area contributed by atoms with Crippen LogP contribution >= 0.6 is 0 Å². The Bertz CT molecular complexity index is 363. The van der Waals surface area contributed by atoms with E-state index >= 15 is 0 Å². The molecule has 4 heteroatoms. The van der Waals surface area contributed by atoms with Gasteiger partial charge in [-0.25, -0.2) is 8.78 Å². The number of ether oxygens (including phenoxy) is 1. The smallest absolute Gasteiger partial charge is 0.190 e. The second kappa shape index (κ2) is 3.45. The van der Waals surface area contributed by atoms with Crippen molar-refractivity contribution in [3.63, 3.8) is 0 Å². The second-order valence-corrected chi connectivity index (χ2v) is 3.99. The first-order valence-corrected chi connectivity index (χ1v) is 4.78. The van der Waals surface area contributed by atoms with Crippen LogP contribution in [-0.2, 0) is 6.42 Å². The normalized spacial score (nSPS) is 17.6. The van der Waals surface area contributed by atoms with E-state index in [0.717, 1.165) is 0 Å². The van der Waals surface area contributed by atoms with Gasteiger partial charge in [0.25, 0.3) is 0 Å². The Hall–Kier alpha value is -1.16. The van der Waals surface area contributed by atoms with E-state index in [0.29, 0.717) is 24.8 Å². The fourth-order valence-electron chi connectivity index (χ4n) is 1.61. The van der Waals surface area contributed by atoms with Gasteiger partial charge in [-0.2, -0.15) is 0 Å². The van der Waals surface area contributed by atoms with Crippen molar-refractivity contribution in [3.8, 4) is 5.75 Å². The van der Waals surface area contributed by atoms with Crippen LogP contribution < -0.4 is 4.74 Å². The van der Waals surface area contributed by atoms with E-state index in [-0.39, 0.29) is 5.75 Å². The van der Waals surface area contributed by atoms with Crippen LogP contribution in [0.15, 0.2) is 12.1 Å². The largest absolute Gasteiger partial charge is 0.491 e. The Morgan fingerprint density at radius 2 is 1.87 bits per heavy atom. The van der Waals surface area contributed by atoms with Gasteiger partial charge in [0.2, 0.25) is 0 Å². The minimum absolute atomic E-state index is 0.296. The van der Waals surface area contributed by atoms with Gasteiger partial charge in [-0.05, 0) is 30.5 Å². The molecule has 0 spiro atoms. The predicted molar refractivity (Wildman–Crippen MR) is 50.8 cm³/mol. The van der Waals surface area contributed by atoms with Crippen molar-refractivity contribution >= 4 is 0 Å². The Kier molecular flexibility index (Phi) is 2.38. The van der Waals surface area contributed by atoms with Crippen LogP contribution in [0.4, 0.5) is 8.78 Å². The molecule has 1 aromatic carbocycles. The van der Waals surface area contributed by atoms with Gasteiger partial charge in [-0.3, -0.25) is 0 Å². The zero-order valence-corrected chi connectivity index (χ0v) is 8.39. The molecule has 1 aliphatic carbocycles. The van der Waals surface area contributed by atoms with Gasteiger partial charge < -0.3 is 9.84 Å². The summed E-state index contributed by atoms with van der Waals surface area (Å²) in [4.78, 5) is 0. The molecule has 1 N–H and O–H groups in total. The SMILES string of the molecule is COc1c(F)cc(CC2(O)CC2)cc1F. The zero-order chi connectivity index (χ0) is 11.1. The summed E-state index contributed by atoms with van der Waals surface area (Å²) in [5, 5.41) is 9.61. The highest BCUT2D eigenvalue weighted by atomic mass is 19.1. The third-order valence-corrected chi connectivity index (χ3v) is 2.62. The minimum atomic E-state index is -0.743. The number of benzene rings is 1. The van der Waals surface area contributed by atoms with E-state index in [9.17, 15) is 13.9 Å². The zero-order valence-electron chi connectivity index (χ0n) is 8.39. The van der Waals surface area contributed by atoms with E-state index in [1.54, 1.807) is 0 Å². The summed E-state index contributed by atoms with van der Waals surface area (Å²) in [7, 11) is 1.22. The molecule has 0 amide bonds. The van der Waals surface area contributed by atoms with Gasteiger partial charge in [0.05, 0.1) is 12.7 Å². The molecule has 0 saturated heterocycles. The highest BCUT2D eigenvalue weighted by Crippen LogP contribution is 2.39. The van der Waals surface area contributed by atoms with Crippen molar-refractivity contribution in [1.29, 1.82) is 0 Å². The first-order chi connectivity index (χ1) is 7.04. The topological polar surface area (TPSA) is 29.5 Å². The van der Waals surface area contributed by atoms with E-state index in [4.69, 9.17) is 0 Å². The summed E-state index contributed by atoms with van der Waals surface area (Å²) >= 11 is 0. The third kappa shape index (κ3) is 2.09. The highest BCUT2D eigenvalue weighted by molar-refractivity contribution is 5.32. The fourth-order valence-corrected chi connectivity index (χ4v) is 1.61. The number of aliphatic hydroxyl groups is 1. The summed E-state index contributed by atoms with van der Waals surface area (Å²) in [6.45, 7) is 0. The van der Waals surface area contributed by atoms with Gasteiger partial charge in [0.1, 0.15) is 0 Å². The van der Waals surface area contributed by atoms with Crippen molar-refractivity contribution < 1.29 is 18.6 Å². The van der Waals surface area contributed by atoms with Crippen LogP contribution in [0.5, 0.6) is 5.75 Å². The Morgan fingerprint density at radius 3 is 2.27 bits per heavy atom. The molecule has 0 unspecified atom stereocenters. The molecule has 1 aliphatic rings. The number of hydrogen-bond acceptors (Lipinski definition) is 2. The quantitative estimate of drug-likeness (QED) is 0.834. The van der Waals surface area contributed by atoms with E-state index in [1.807, 2.05) is 0 Å². The molecule has 0 aliphatic heterocycles. The Labute approximate surface area is 86.5 Å². The van der Waals surface area contributed by atoms with Crippen LogP contribution in [0.3, 0.4) is 0 Å². The molecular weight excluding hydrogens is 202 g/mol. The van der Waals surface area contributed by atoms with Crippen LogP contribution in [0.25, 0.3) is 0 Å². The lowest BCUT2D eigenvalue weighted by Gasteiger charge is -2.09. The molecule has 0 bridgehead atoms. The van der Waals surface area contributed by atoms with Crippen LogP contribution in [0.1, 0.15) is 18.4 Å². The molecule has 0 radical (unpaired) electrons. The highest BCUT2D eigenvalue weighted by Gasteiger charge is 2.40. The number of rotatable bonds is 3. The van der Waals surface area contributed by atoms with Gasteiger partial charge in [-0.15, -0.1) is 0 Å². The summed E-state index contributed by atoms with van der Waals surface area (Å²) in [5.74, 6) is -1.82. The maximum atomic E-state index is 13.3. The first-order valence-electron chi connectivity index (χ1n) is 4.78. The third-order valence-electron chi connectivity index (χ3n) is 2.62. The average molecular weight is 214 g/mol.